The monoisotopic (exact) mass is 545 g/mol. The molecule has 3 nitrogen and oxygen atoms in total. The van der Waals surface area contributed by atoms with Gasteiger partial charge in [-0.15, -0.1) is 0 Å². The van der Waals surface area contributed by atoms with Gasteiger partial charge in [0.25, 0.3) is 0 Å². The molecule has 0 fully saturated rings. The van der Waals surface area contributed by atoms with Crippen LogP contribution in [0.5, 0.6) is 0 Å². The molecule has 3 aromatic carbocycles. The average Bonchev–Trinajstić information content (AvgIpc) is 3.09. The number of nitrogens with one attached hydrogen (secondary N) is 1. The number of rotatable bonds is 4. The first kappa shape index (κ1) is 25.2. The van der Waals surface area contributed by atoms with Gasteiger partial charge in [-0.3, -0.25) is 0 Å². The summed E-state index contributed by atoms with van der Waals surface area (Å²) in [6.07, 6.45) is 19.0. The molecule has 3 unspecified atom stereocenters. The standard InChI is InChI=1S/C39H35N3/c1-3-12-26(13-4-1)37-40-38(27-14-5-2-6-15-27)42-39(41-37)30-17-11-16-28(24-30)29-22-23-35-33-20-8-7-18-31(33)32-19-9-10-21-34(32)36(35)25-29/h1-8,12-16,18,20,22-25,35-37H,9-11,17,19,21H2,(H,40,41,42). The molecule has 0 aromatic heterocycles. The van der Waals surface area contributed by atoms with Crippen molar-refractivity contribution in [1.29, 1.82) is 0 Å². The van der Waals surface area contributed by atoms with Crippen LogP contribution in [0.3, 0.4) is 0 Å². The first-order valence-corrected chi connectivity index (χ1v) is 15.5. The van der Waals surface area contributed by atoms with Crippen molar-refractivity contribution >= 4 is 17.2 Å². The molecule has 0 radical (unpaired) electrons. The Labute approximate surface area is 248 Å². The number of benzene rings is 3. The molecule has 3 heteroatoms. The minimum atomic E-state index is -0.169. The number of amidine groups is 2. The summed E-state index contributed by atoms with van der Waals surface area (Å²) < 4.78 is 0. The van der Waals surface area contributed by atoms with Gasteiger partial charge in [-0.05, 0) is 83.6 Å². The Morgan fingerprint density at radius 2 is 1.52 bits per heavy atom. The van der Waals surface area contributed by atoms with Gasteiger partial charge in [-0.2, -0.15) is 0 Å². The van der Waals surface area contributed by atoms with Crippen molar-refractivity contribution < 1.29 is 0 Å². The van der Waals surface area contributed by atoms with Gasteiger partial charge < -0.3 is 5.32 Å². The predicted octanol–water partition coefficient (Wildman–Crippen LogP) is 9.02. The zero-order valence-electron chi connectivity index (χ0n) is 23.8. The fourth-order valence-corrected chi connectivity index (χ4v) is 7.38. The van der Waals surface area contributed by atoms with Crippen molar-refractivity contribution in [2.75, 3.05) is 0 Å². The highest BCUT2D eigenvalue weighted by Gasteiger charge is 2.35. The first-order valence-electron chi connectivity index (χ1n) is 15.5. The maximum Gasteiger partial charge on any atom is 0.155 e. The Balaban J connectivity index is 1.16. The van der Waals surface area contributed by atoms with Gasteiger partial charge in [0.05, 0.1) is 0 Å². The molecule has 8 rings (SSSR count). The summed E-state index contributed by atoms with van der Waals surface area (Å²) >= 11 is 0. The Morgan fingerprint density at radius 3 is 2.40 bits per heavy atom. The molecule has 1 heterocycles. The van der Waals surface area contributed by atoms with E-state index in [1.54, 1.807) is 11.1 Å². The van der Waals surface area contributed by atoms with Crippen molar-refractivity contribution in [2.45, 2.75) is 50.6 Å². The molecule has 3 aromatic rings. The Bertz CT molecular complexity index is 1750. The fourth-order valence-electron chi connectivity index (χ4n) is 7.38. The van der Waals surface area contributed by atoms with E-state index < -0.39 is 0 Å². The van der Waals surface area contributed by atoms with Crippen LogP contribution in [-0.2, 0) is 0 Å². The van der Waals surface area contributed by atoms with Crippen LogP contribution in [0.15, 0.2) is 148 Å². The molecule has 5 aliphatic rings. The zero-order valence-corrected chi connectivity index (χ0v) is 23.8. The van der Waals surface area contributed by atoms with Crippen LogP contribution in [0.1, 0.15) is 72.9 Å². The summed E-state index contributed by atoms with van der Waals surface area (Å²) in [5.74, 6) is 2.61. The highest BCUT2D eigenvalue weighted by Crippen LogP contribution is 2.51. The van der Waals surface area contributed by atoms with Crippen molar-refractivity contribution in [2.24, 2.45) is 15.9 Å². The maximum absolute atomic E-state index is 5.15. The molecule has 42 heavy (non-hydrogen) atoms. The lowest BCUT2D eigenvalue weighted by molar-refractivity contribution is 0.573. The van der Waals surface area contributed by atoms with Gasteiger partial charge in [-0.25, -0.2) is 9.98 Å². The van der Waals surface area contributed by atoms with Crippen LogP contribution in [-0.4, -0.2) is 11.7 Å². The summed E-state index contributed by atoms with van der Waals surface area (Å²) in [6.45, 7) is 0. The Kier molecular flexibility index (Phi) is 6.44. The molecule has 4 aliphatic carbocycles. The Hall–Kier alpha value is -4.50. The second-order valence-electron chi connectivity index (χ2n) is 11.9. The first-order chi connectivity index (χ1) is 20.8. The van der Waals surface area contributed by atoms with E-state index in [0.717, 1.165) is 35.6 Å². The lowest BCUT2D eigenvalue weighted by atomic mass is 9.65. The SMILES string of the molecule is C1=CC2c3ccccc3C3=C(CCCC3)C2C=C1C1=CCCC(C2=NC(c3ccccc3)NC(c3ccccc3)=N2)=C1. The summed E-state index contributed by atoms with van der Waals surface area (Å²) in [4.78, 5) is 10.2. The molecule has 0 spiro atoms. The second-order valence-corrected chi connectivity index (χ2v) is 11.9. The molecule has 0 amide bonds. The van der Waals surface area contributed by atoms with Gasteiger partial charge in [-0.1, -0.05) is 115 Å². The highest BCUT2D eigenvalue weighted by atomic mass is 15.2. The largest absolute Gasteiger partial charge is 0.344 e. The van der Waals surface area contributed by atoms with Crippen molar-refractivity contribution in [1.82, 2.24) is 5.32 Å². The molecular weight excluding hydrogens is 510 g/mol. The van der Waals surface area contributed by atoms with Crippen LogP contribution in [0.2, 0.25) is 0 Å². The van der Waals surface area contributed by atoms with E-state index in [2.05, 4.69) is 115 Å². The van der Waals surface area contributed by atoms with Gasteiger partial charge in [0.1, 0.15) is 12.0 Å². The molecule has 0 saturated carbocycles. The molecule has 206 valence electrons. The van der Waals surface area contributed by atoms with Gasteiger partial charge >= 0.3 is 0 Å². The molecule has 3 atom stereocenters. The van der Waals surface area contributed by atoms with Crippen LogP contribution < -0.4 is 5.32 Å². The van der Waals surface area contributed by atoms with Gasteiger partial charge in [0, 0.05) is 17.4 Å². The lowest BCUT2D eigenvalue weighted by Gasteiger charge is -2.39. The van der Waals surface area contributed by atoms with E-state index >= 15 is 0 Å². The summed E-state index contributed by atoms with van der Waals surface area (Å²) in [5, 5.41) is 3.59. The third-order valence-corrected chi connectivity index (χ3v) is 9.42. The van der Waals surface area contributed by atoms with Crippen LogP contribution in [0.4, 0.5) is 0 Å². The Morgan fingerprint density at radius 1 is 0.738 bits per heavy atom. The van der Waals surface area contributed by atoms with E-state index in [-0.39, 0.29) is 6.17 Å². The number of nitrogens with zero attached hydrogens (tertiary/aromatic N) is 2. The molecule has 1 N–H and O–H groups in total. The zero-order chi connectivity index (χ0) is 27.9. The average molecular weight is 546 g/mol. The number of allylic oxidation sites excluding steroid dienone is 9. The normalized spacial score (nSPS) is 24.6. The summed E-state index contributed by atoms with van der Waals surface area (Å²) in [5.41, 5.74) is 12.4. The topological polar surface area (TPSA) is 36.8 Å². The third kappa shape index (κ3) is 4.54. The maximum atomic E-state index is 5.15. The second kappa shape index (κ2) is 10.7. The molecule has 1 aliphatic heterocycles. The molecular formula is C39H35N3. The van der Waals surface area contributed by atoms with E-state index in [4.69, 9.17) is 9.98 Å². The van der Waals surface area contributed by atoms with Gasteiger partial charge in [0.15, 0.2) is 5.84 Å². The summed E-state index contributed by atoms with van der Waals surface area (Å²) in [6, 6.07) is 30.0. The minimum Gasteiger partial charge on any atom is -0.344 e. The van der Waals surface area contributed by atoms with Crippen molar-refractivity contribution in [3.63, 3.8) is 0 Å². The number of hydrogen-bond donors (Lipinski definition) is 1. The number of hydrogen-bond acceptors (Lipinski definition) is 3. The minimum absolute atomic E-state index is 0.169. The van der Waals surface area contributed by atoms with Crippen molar-refractivity contribution in [3.8, 4) is 0 Å². The number of aliphatic imine (C=N–C) groups is 2. The quantitative estimate of drug-likeness (QED) is 0.349. The number of fused-ring (bicyclic) bond motifs is 5. The highest BCUT2D eigenvalue weighted by molar-refractivity contribution is 6.13. The summed E-state index contributed by atoms with van der Waals surface area (Å²) in [7, 11) is 0. The predicted molar refractivity (Wildman–Crippen MR) is 173 cm³/mol. The third-order valence-electron chi connectivity index (χ3n) is 9.42. The van der Waals surface area contributed by atoms with Crippen LogP contribution >= 0.6 is 0 Å². The van der Waals surface area contributed by atoms with E-state index in [0.29, 0.717) is 11.8 Å². The van der Waals surface area contributed by atoms with Crippen LogP contribution in [0.25, 0.3) is 5.57 Å². The van der Waals surface area contributed by atoms with Crippen molar-refractivity contribution in [3.05, 3.63) is 160 Å². The van der Waals surface area contributed by atoms with E-state index in [9.17, 15) is 0 Å². The van der Waals surface area contributed by atoms with E-state index in [1.165, 1.54) is 53.5 Å². The lowest BCUT2D eigenvalue weighted by Crippen LogP contribution is -2.33. The fraction of sp³-hybridized carbons (Fsp3) is 0.231. The van der Waals surface area contributed by atoms with Crippen LogP contribution in [0, 0.1) is 5.92 Å². The van der Waals surface area contributed by atoms with E-state index in [1.807, 2.05) is 6.07 Å². The smallest absolute Gasteiger partial charge is 0.155 e. The molecule has 0 saturated heterocycles. The molecule has 0 bridgehead atoms. The van der Waals surface area contributed by atoms with Gasteiger partial charge in [0.2, 0.25) is 0 Å².